The number of anilines is 1. The third-order valence-electron chi connectivity index (χ3n) is 4.52. The highest BCUT2D eigenvalue weighted by Crippen LogP contribution is 2.21. The van der Waals surface area contributed by atoms with E-state index < -0.39 is 0 Å². The number of nitrogens with zero attached hydrogens (tertiary/aromatic N) is 4. The van der Waals surface area contributed by atoms with Gasteiger partial charge >= 0.3 is 0 Å². The lowest BCUT2D eigenvalue weighted by atomic mass is 9.88. The molecule has 2 aromatic heterocycles. The van der Waals surface area contributed by atoms with Gasteiger partial charge in [-0.3, -0.25) is 9.59 Å². The van der Waals surface area contributed by atoms with Gasteiger partial charge in [-0.1, -0.05) is 0 Å². The van der Waals surface area contributed by atoms with Crippen molar-refractivity contribution in [2.75, 3.05) is 18.4 Å². The topological polar surface area (TPSA) is 102 Å². The fraction of sp³-hybridized carbons (Fsp3) is 0.500. The molecule has 2 heterocycles. The summed E-state index contributed by atoms with van der Waals surface area (Å²) in [5, 5.41) is 10.5. The minimum absolute atomic E-state index is 0.0327. The molecule has 1 amide bonds. The zero-order chi connectivity index (χ0) is 18.5. The molecule has 1 saturated carbocycles. The third kappa shape index (κ3) is 4.44. The molecule has 138 valence electrons. The van der Waals surface area contributed by atoms with Crippen molar-refractivity contribution in [2.24, 2.45) is 5.92 Å². The molecule has 0 spiro atoms. The Morgan fingerprint density at radius 3 is 2.65 bits per heavy atom. The van der Waals surface area contributed by atoms with Gasteiger partial charge in [0.25, 0.3) is 0 Å². The van der Waals surface area contributed by atoms with E-state index in [1.54, 1.807) is 4.68 Å². The Kier molecular flexibility index (Phi) is 5.60. The SMILES string of the molecule is Cc1cc(C)n(-c2cc(NCCNC(=O)C3CCC(=O)CC3)ncn2)n1. The van der Waals surface area contributed by atoms with Crippen LogP contribution in [0.1, 0.15) is 37.1 Å². The Bertz CT molecular complexity index is 791. The normalized spacial score (nSPS) is 15.1. The fourth-order valence-electron chi connectivity index (χ4n) is 3.14. The molecule has 0 radical (unpaired) electrons. The van der Waals surface area contributed by atoms with E-state index in [2.05, 4.69) is 25.7 Å². The maximum Gasteiger partial charge on any atom is 0.223 e. The highest BCUT2D eigenvalue weighted by Gasteiger charge is 2.24. The monoisotopic (exact) mass is 356 g/mol. The predicted octanol–water partition coefficient (Wildman–Crippen LogP) is 1.57. The molecule has 1 fully saturated rings. The van der Waals surface area contributed by atoms with Gasteiger partial charge in [-0.15, -0.1) is 0 Å². The lowest BCUT2D eigenvalue weighted by molar-refractivity contribution is -0.128. The molecule has 0 unspecified atom stereocenters. The van der Waals surface area contributed by atoms with Crippen LogP contribution in [0.4, 0.5) is 5.82 Å². The van der Waals surface area contributed by atoms with Crippen molar-refractivity contribution in [3.05, 3.63) is 29.8 Å². The van der Waals surface area contributed by atoms with Gasteiger partial charge in [-0.2, -0.15) is 5.10 Å². The quantitative estimate of drug-likeness (QED) is 0.762. The Labute approximate surface area is 152 Å². The van der Waals surface area contributed by atoms with Crippen LogP contribution >= 0.6 is 0 Å². The van der Waals surface area contributed by atoms with Crippen molar-refractivity contribution < 1.29 is 9.59 Å². The minimum atomic E-state index is -0.0376. The van der Waals surface area contributed by atoms with E-state index in [-0.39, 0.29) is 17.6 Å². The zero-order valence-electron chi connectivity index (χ0n) is 15.2. The van der Waals surface area contributed by atoms with Gasteiger partial charge in [-0.25, -0.2) is 14.6 Å². The minimum Gasteiger partial charge on any atom is -0.368 e. The number of hydrogen-bond acceptors (Lipinski definition) is 6. The van der Waals surface area contributed by atoms with Gasteiger partial charge in [0.1, 0.15) is 17.9 Å². The molecule has 26 heavy (non-hydrogen) atoms. The second-order valence-corrected chi connectivity index (χ2v) is 6.63. The van der Waals surface area contributed by atoms with Gasteiger partial charge in [0.05, 0.1) is 5.69 Å². The van der Waals surface area contributed by atoms with Crippen molar-refractivity contribution in [3.63, 3.8) is 0 Å². The number of carbonyl (C=O) groups excluding carboxylic acids is 2. The lowest BCUT2D eigenvalue weighted by Crippen LogP contribution is -2.36. The summed E-state index contributed by atoms with van der Waals surface area (Å²) in [6.45, 7) is 4.98. The van der Waals surface area contributed by atoms with Crippen LogP contribution in [0.3, 0.4) is 0 Å². The molecular formula is C18H24N6O2. The van der Waals surface area contributed by atoms with E-state index in [1.807, 2.05) is 26.0 Å². The summed E-state index contributed by atoms with van der Waals surface area (Å²) in [7, 11) is 0. The molecule has 8 nitrogen and oxygen atoms in total. The molecule has 1 aliphatic rings. The molecule has 0 aromatic carbocycles. The molecule has 8 heteroatoms. The lowest BCUT2D eigenvalue weighted by Gasteiger charge is -2.20. The molecule has 0 bridgehead atoms. The summed E-state index contributed by atoms with van der Waals surface area (Å²) in [5.41, 5.74) is 1.94. The van der Waals surface area contributed by atoms with Crippen LogP contribution in [0, 0.1) is 19.8 Å². The standard InChI is InChI=1S/C18H24N6O2/c1-12-9-13(2)24(23-12)17-10-16(21-11-22-17)19-7-8-20-18(26)14-3-5-15(25)6-4-14/h9-11,14H,3-8H2,1-2H3,(H,20,26)(H,19,21,22). The first-order valence-corrected chi connectivity index (χ1v) is 8.92. The number of nitrogens with one attached hydrogen (secondary N) is 2. The summed E-state index contributed by atoms with van der Waals surface area (Å²) in [5.74, 6) is 1.64. The fourth-order valence-corrected chi connectivity index (χ4v) is 3.14. The largest absolute Gasteiger partial charge is 0.368 e. The van der Waals surface area contributed by atoms with Gasteiger partial charge in [0.15, 0.2) is 5.82 Å². The van der Waals surface area contributed by atoms with Crippen LogP contribution in [0.5, 0.6) is 0 Å². The van der Waals surface area contributed by atoms with Crippen molar-refractivity contribution >= 4 is 17.5 Å². The number of aromatic nitrogens is 4. The first kappa shape index (κ1) is 18.0. The molecule has 3 rings (SSSR count). The molecule has 0 atom stereocenters. The Morgan fingerprint density at radius 2 is 1.96 bits per heavy atom. The first-order chi connectivity index (χ1) is 12.5. The highest BCUT2D eigenvalue weighted by molar-refractivity contribution is 5.84. The van der Waals surface area contributed by atoms with E-state index in [9.17, 15) is 9.59 Å². The van der Waals surface area contributed by atoms with E-state index in [4.69, 9.17) is 0 Å². The van der Waals surface area contributed by atoms with Crippen molar-refractivity contribution in [2.45, 2.75) is 39.5 Å². The molecule has 2 aromatic rings. The zero-order valence-corrected chi connectivity index (χ0v) is 15.2. The number of amides is 1. The van der Waals surface area contributed by atoms with E-state index in [0.717, 1.165) is 11.4 Å². The Morgan fingerprint density at radius 1 is 1.19 bits per heavy atom. The van der Waals surface area contributed by atoms with Gasteiger partial charge in [0, 0.05) is 43.6 Å². The highest BCUT2D eigenvalue weighted by atomic mass is 16.2. The summed E-state index contributed by atoms with van der Waals surface area (Å²) >= 11 is 0. The van der Waals surface area contributed by atoms with E-state index in [0.29, 0.717) is 50.4 Å². The maximum atomic E-state index is 12.1. The maximum absolute atomic E-state index is 12.1. The van der Waals surface area contributed by atoms with Crippen LogP contribution in [-0.4, -0.2) is 44.5 Å². The number of ketones is 1. The summed E-state index contributed by atoms with van der Waals surface area (Å²) in [6, 6.07) is 3.82. The average molecular weight is 356 g/mol. The van der Waals surface area contributed by atoms with Crippen molar-refractivity contribution in [1.82, 2.24) is 25.1 Å². The van der Waals surface area contributed by atoms with E-state index >= 15 is 0 Å². The summed E-state index contributed by atoms with van der Waals surface area (Å²) in [4.78, 5) is 31.8. The van der Waals surface area contributed by atoms with Gasteiger partial charge in [-0.05, 0) is 32.8 Å². The predicted molar refractivity (Wildman–Crippen MR) is 97.1 cm³/mol. The average Bonchev–Trinajstić information content (AvgIpc) is 2.98. The molecule has 0 saturated heterocycles. The molecule has 1 aliphatic carbocycles. The van der Waals surface area contributed by atoms with E-state index in [1.165, 1.54) is 6.33 Å². The second-order valence-electron chi connectivity index (χ2n) is 6.63. The number of Topliss-reactive ketones (excluding diaryl/α,β-unsaturated/α-hetero) is 1. The Hall–Kier alpha value is -2.77. The molecule has 2 N–H and O–H groups in total. The Balaban J connectivity index is 1.48. The summed E-state index contributed by atoms with van der Waals surface area (Å²) < 4.78 is 1.77. The van der Waals surface area contributed by atoms with Crippen LogP contribution in [0.15, 0.2) is 18.5 Å². The number of carbonyl (C=O) groups is 2. The third-order valence-corrected chi connectivity index (χ3v) is 4.52. The number of rotatable bonds is 6. The number of hydrogen-bond donors (Lipinski definition) is 2. The first-order valence-electron chi connectivity index (χ1n) is 8.92. The van der Waals surface area contributed by atoms with Crippen molar-refractivity contribution in [1.29, 1.82) is 0 Å². The van der Waals surface area contributed by atoms with Crippen LogP contribution in [0.25, 0.3) is 5.82 Å². The van der Waals surface area contributed by atoms with Gasteiger partial charge < -0.3 is 10.6 Å². The van der Waals surface area contributed by atoms with Gasteiger partial charge in [0.2, 0.25) is 5.91 Å². The molecular weight excluding hydrogens is 332 g/mol. The smallest absolute Gasteiger partial charge is 0.223 e. The van der Waals surface area contributed by atoms with Crippen LogP contribution < -0.4 is 10.6 Å². The van der Waals surface area contributed by atoms with Crippen LogP contribution in [-0.2, 0) is 9.59 Å². The second kappa shape index (κ2) is 8.07. The van der Waals surface area contributed by atoms with Crippen molar-refractivity contribution in [3.8, 4) is 5.82 Å². The number of aryl methyl sites for hydroxylation is 2. The van der Waals surface area contributed by atoms with Crippen LogP contribution in [0.2, 0.25) is 0 Å². The molecule has 0 aliphatic heterocycles. The summed E-state index contributed by atoms with van der Waals surface area (Å²) in [6.07, 6.45) is 3.86.